The highest BCUT2D eigenvalue weighted by Crippen LogP contribution is 2.13. The Morgan fingerprint density at radius 3 is 2.94 bits per heavy atom. The van der Waals surface area contributed by atoms with Gasteiger partial charge in [0.05, 0.1) is 7.11 Å². The van der Waals surface area contributed by atoms with Gasteiger partial charge in [0.1, 0.15) is 5.75 Å². The van der Waals surface area contributed by atoms with Gasteiger partial charge >= 0.3 is 0 Å². The summed E-state index contributed by atoms with van der Waals surface area (Å²) in [7, 11) is 1.63. The Kier molecular flexibility index (Phi) is 6.22. The van der Waals surface area contributed by atoms with E-state index in [1.807, 2.05) is 31.2 Å². The minimum atomic E-state index is 0.0121. The molecule has 0 spiro atoms. The molecule has 1 amide bonds. The number of nitrogens with one attached hydrogen (secondary N) is 1. The lowest BCUT2D eigenvalue weighted by Crippen LogP contribution is -2.29. The summed E-state index contributed by atoms with van der Waals surface area (Å²) < 4.78 is 5.13. The minimum absolute atomic E-state index is 0.0121. The number of carbonyl (C=O) groups excluding carboxylic acids is 1. The van der Waals surface area contributed by atoms with E-state index in [0.717, 1.165) is 11.3 Å². The van der Waals surface area contributed by atoms with Crippen LogP contribution in [0.2, 0.25) is 0 Å². The van der Waals surface area contributed by atoms with E-state index in [1.54, 1.807) is 7.11 Å². The molecule has 100 valence electrons. The van der Waals surface area contributed by atoms with Crippen LogP contribution in [0.1, 0.15) is 18.9 Å². The summed E-state index contributed by atoms with van der Waals surface area (Å²) >= 11 is 0. The Labute approximate surface area is 108 Å². The molecule has 4 heteroatoms. The Balaban J connectivity index is 2.33. The molecule has 1 rings (SSSR count). The molecule has 0 bridgehead atoms. The van der Waals surface area contributed by atoms with Crippen molar-refractivity contribution in [3.8, 4) is 5.75 Å². The van der Waals surface area contributed by atoms with Crippen LogP contribution in [-0.4, -0.2) is 31.3 Å². The first-order chi connectivity index (χ1) is 8.65. The average molecular weight is 251 g/mol. The van der Waals surface area contributed by atoms with E-state index in [1.165, 1.54) is 0 Å². The van der Waals surface area contributed by atoms with Crippen LogP contribution in [0.25, 0.3) is 0 Å². The van der Waals surface area contributed by atoms with Gasteiger partial charge in [-0.1, -0.05) is 19.1 Å². The predicted molar refractivity (Wildman–Crippen MR) is 70.6 cm³/mol. The summed E-state index contributed by atoms with van der Waals surface area (Å²) in [5, 5.41) is 11.7. The predicted octanol–water partition coefficient (Wildman–Crippen LogP) is 1.37. The molecule has 0 heterocycles. The second kappa shape index (κ2) is 7.71. The van der Waals surface area contributed by atoms with E-state index in [4.69, 9.17) is 9.84 Å². The van der Waals surface area contributed by atoms with Gasteiger partial charge in [0.2, 0.25) is 5.91 Å². The Morgan fingerprint density at radius 1 is 1.50 bits per heavy atom. The fourth-order valence-corrected chi connectivity index (χ4v) is 1.53. The van der Waals surface area contributed by atoms with Crippen molar-refractivity contribution in [3.05, 3.63) is 29.8 Å². The molecule has 1 aromatic rings. The van der Waals surface area contributed by atoms with E-state index >= 15 is 0 Å². The fourth-order valence-electron chi connectivity index (χ4n) is 1.53. The molecule has 1 atom stereocenters. The van der Waals surface area contributed by atoms with Crippen molar-refractivity contribution < 1.29 is 14.6 Å². The molecule has 0 aliphatic heterocycles. The van der Waals surface area contributed by atoms with Gasteiger partial charge in [0.25, 0.3) is 0 Å². The molecule has 1 aromatic carbocycles. The maximum Gasteiger partial charge on any atom is 0.220 e. The molecule has 0 fully saturated rings. The van der Waals surface area contributed by atoms with Crippen molar-refractivity contribution in [1.29, 1.82) is 0 Å². The van der Waals surface area contributed by atoms with Crippen LogP contribution in [0, 0.1) is 5.92 Å². The van der Waals surface area contributed by atoms with Gasteiger partial charge in [-0.05, 0) is 30.0 Å². The lowest BCUT2D eigenvalue weighted by atomic mass is 10.1. The first-order valence-electron chi connectivity index (χ1n) is 6.16. The standard InChI is InChI=1S/C14H21NO3/c1-11(10-16)9-15-14(17)7-6-12-4-3-5-13(8-12)18-2/h3-5,8,11,16H,6-7,9-10H2,1-2H3,(H,15,17). The van der Waals surface area contributed by atoms with Crippen molar-refractivity contribution in [3.63, 3.8) is 0 Å². The van der Waals surface area contributed by atoms with Gasteiger partial charge in [0, 0.05) is 19.6 Å². The summed E-state index contributed by atoms with van der Waals surface area (Å²) in [6, 6.07) is 7.71. The highest BCUT2D eigenvalue weighted by atomic mass is 16.5. The number of rotatable bonds is 7. The lowest BCUT2D eigenvalue weighted by molar-refractivity contribution is -0.121. The molecule has 4 nitrogen and oxygen atoms in total. The first kappa shape index (κ1) is 14.5. The fraction of sp³-hybridized carbons (Fsp3) is 0.500. The third-order valence-electron chi connectivity index (χ3n) is 2.73. The number of aliphatic hydroxyl groups is 1. The van der Waals surface area contributed by atoms with Gasteiger partial charge in [-0.3, -0.25) is 4.79 Å². The number of aliphatic hydroxyl groups excluding tert-OH is 1. The van der Waals surface area contributed by atoms with Crippen LogP contribution >= 0.6 is 0 Å². The average Bonchev–Trinajstić information content (AvgIpc) is 2.42. The Morgan fingerprint density at radius 2 is 2.28 bits per heavy atom. The first-order valence-corrected chi connectivity index (χ1v) is 6.16. The van der Waals surface area contributed by atoms with Gasteiger partial charge in [0.15, 0.2) is 0 Å². The highest BCUT2D eigenvalue weighted by Gasteiger charge is 2.05. The summed E-state index contributed by atoms with van der Waals surface area (Å²) in [5.74, 6) is 0.922. The van der Waals surface area contributed by atoms with Gasteiger partial charge < -0.3 is 15.2 Å². The molecule has 0 saturated carbocycles. The maximum absolute atomic E-state index is 11.6. The van der Waals surface area contributed by atoms with Gasteiger partial charge in [-0.25, -0.2) is 0 Å². The smallest absolute Gasteiger partial charge is 0.220 e. The van der Waals surface area contributed by atoms with E-state index in [2.05, 4.69) is 5.32 Å². The van der Waals surface area contributed by atoms with Crippen LogP contribution in [-0.2, 0) is 11.2 Å². The number of methoxy groups -OCH3 is 1. The number of hydrogen-bond acceptors (Lipinski definition) is 3. The van der Waals surface area contributed by atoms with E-state index in [0.29, 0.717) is 19.4 Å². The van der Waals surface area contributed by atoms with Crippen LogP contribution in [0.3, 0.4) is 0 Å². The van der Waals surface area contributed by atoms with Crippen LogP contribution in [0.5, 0.6) is 5.75 Å². The zero-order valence-corrected chi connectivity index (χ0v) is 11.0. The Hall–Kier alpha value is -1.55. The summed E-state index contributed by atoms with van der Waals surface area (Å²) in [4.78, 5) is 11.6. The highest BCUT2D eigenvalue weighted by molar-refractivity contribution is 5.76. The van der Waals surface area contributed by atoms with Crippen molar-refractivity contribution in [2.24, 2.45) is 5.92 Å². The van der Waals surface area contributed by atoms with Crippen molar-refractivity contribution in [2.45, 2.75) is 19.8 Å². The largest absolute Gasteiger partial charge is 0.497 e. The molecule has 0 aliphatic carbocycles. The minimum Gasteiger partial charge on any atom is -0.497 e. The summed E-state index contributed by atoms with van der Waals surface area (Å²) in [5.41, 5.74) is 1.08. The third kappa shape index (κ3) is 5.19. The zero-order valence-electron chi connectivity index (χ0n) is 11.0. The second-order valence-electron chi connectivity index (χ2n) is 4.44. The van der Waals surface area contributed by atoms with Crippen LogP contribution in [0.4, 0.5) is 0 Å². The number of aryl methyl sites for hydroxylation is 1. The molecule has 2 N–H and O–H groups in total. The number of hydrogen-bond donors (Lipinski definition) is 2. The topological polar surface area (TPSA) is 58.6 Å². The van der Waals surface area contributed by atoms with E-state index in [9.17, 15) is 4.79 Å². The van der Waals surface area contributed by atoms with E-state index < -0.39 is 0 Å². The molecular formula is C14H21NO3. The monoisotopic (exact) mass is 251 g/mol. The molecule has 0 saturated heterocycles. The Bertz CT molecular complexity index is 379. The van der Waals surface area contributed by atoms with Crippen LogP contribution in [0.15, 0.2) is 24.3 Å². The van der Waals surface area contributed by atoms with Gasteiger partial charge in [-0.15, -0.1) is 0 Å². The number of amides is 1. The SMILES string of the molecule is COc1cccc(CCC(=O)NCC(C)CO)c1. The molecular weight excluding hydrogens is 230 g/mol. The number of carbonyl (C=O) groups is 1. The molecule has 0 aromatic heterocycles. The maximum atomic E-state index is 11.6. The summed E-state index contributed by atoms with van der Waals surface area (Å²) in [6.45, 7) is 2.51. The van der Waals surface area contributed by atoms with Crippen molar-refractivity contribution in [2.75, 3.05) is 20.3 Å². The van der Waals surface area contributed by atoms with E-state index in [-0.39, 0.29) is 18.4 Å². The quantitative estimate of drug-likeness (QED) is 0.769. The van der Waals surface area contributed by atoms with Crippen molar-refractivity contribution in [1.82, 2.24) is 5.32 Å². The molecule has 18 heavy (non-hydrogen) atoms. The normalized spacial score (nSPS) is 11.9. The zero-order chi connectivity index (χ0) is 13.4. The third-order valence-corrected chi connectivity index (χ3v) is 2.73. The van der Waals surface area contributed by atoms with Gasteiger partial charge in [-0.2, -0.15) is 0 Å². The van der Waals surface area contributed by atoms with Crippen molar-refractivity contribution >= 4 is 5.91 Å². The second-order valence-corrected chi connectivity index (χ2v) is 4.44. The molecule has 0 aliphatic rings. The molecule has 0 radical (unpaired) electrons. The molecule has 1 unspecified atom stereocenters. The number of benzene rings is 1. The lowest BCUT2D eigenvalue weighted by Gasteiger charge is -2.09. The number of ether oxygens (including phenoxy) is 1. The summed E-state index contributed by atoms with van der Waals surface area (Å²) in [6.07, 6.45) is 1.14. The van der Waals surface area contributed by atoms with Crippen LogP contribution < -0.4 is 10.1 Å².